The standard InChI is InChI=1S/C7H7F3N2/c1-5(2)6-3-4-12(11-6)7(8,9)10/h3-4H,1H2,2H3. The number of alkyl halides is 3. The van der Waals surface area contributed by atoms with Crippen LogP contribution in [0.1, 0.15) is 12.6 Å². The molecule has 0 spiro atoms. The zero-order chi connectivity index (χ0) is 9.35. The summed E-state index contributed by atoms with van der Waals surface area (Å²) in [5, 5.41) is 3.27. The lowest BCUT2D eigenvalue weighted by Crippen LogP contribution is -2.17. The molecule has 1 aromatic heterocycles. The van der Waals surface area contributed by atoms with Crippen LogP contribution in [-0.4, -0.2) is 9.78 Å². The minimum Gasteiger partial charge on any atom is -0.178 e. The molecule has 0 saturated heterocycles. The minimum atomic E-state index is -4.44. The smallest absolute Gasteiger partial charge is 0.178 e. The first-order chi connectivity index (χ1) is 5.41. The zero-order valence-corrected chi connectivity index (χ0v) is 6.39. The third-order valence-corrected chi connectivity index (χ3v) is 1.29. The predicted molar refractivity (Wildman–Crippen MR) is 38.2 cm³/mol. The third kappa shape index (κ3) is 1.66. The number of hydrogen-bond acceptors (Lipinski definition) is 1. The molecule has 0 aliphatic rings. The first kappa shape index (κ1) is 8.83. The van der Waals surface area contributed by atoms with Crippen molar-refractivity contribution in [3.05, 3.63) is 24.5 Å². The van der Waals surface area contributed by atoms with E-state index in [1.165, 1.54) is 6.07 Å². The predicted octanol–water partition coefficient (Wildman–Crippen LogP) is 2.39. The maximum Gasteiger partial charge on any atom is 0.504 e. The highest BCUT2D eigenvalue weighted by atomic mass is 19.4. The molecule has 12 heavy (non-hydrogen) atoms. The quantitative estimate of drug-likeness (QED) is 0.642. The molecule has 0 amide bonds. The Kier molecular flexibility index (Phi) is 1.95. The fraction of sp³-hybridized carbons (Fsp3) is 0.286. The molecule has 1 rings (SSSR count). The summed E-state index contributed by atoms with van der Waals surface area (Å²) in [6.07, 6.45) is -3.57. The number of allylic oxidation sites excluding steroid dienone is 1. The summed E-state index contributed by atoms with van der Waals surface area (Å²) < 4.78 is 35.8. The molecule has 0 aromatic carbocycles. The van der Waals surface area contributed by atoms with Crippen LogP contribution < -0.4 is 0 Å². The van der Waals surface area contributed by atoms with Gasteiger partial charge in [0.2, 0.25) is 0 Å². The van der Waals surface area contributed by atoms with Gasteiger partial charge in [0.15, 0.2) is 0 Å². The monoisotopic (exact) mass is 176 g/mol. The fourth-order valence-corrected chi connectivity index (χ4v) is 0.693. The molecule has 66 valence electrons. The molecule has 0 fully saturated rings. The molecule has 0 atom stereocenters. The van der Waals surface area contributed by atoms with E-state index in [2.05, 4.69) is 11.7 Å². The molecule has 5 heteroatoms. The molecule has 0 unspecified atom stereocenters. The first-order valence-corrected chi connectivity index (χ1v) is 3.20. The lowest BCUT2D eigenvalue weighted by Gasteiger charge is -2.04. The van der Waals surface area contributed by atoms with E-state index in [4.69, 9.17) is 0 Å². The van der Waals surface area contributed by atoms with Crippen molar-refractivity contribution in [3.63, 3.8) is 0 Å². The SMILES string of the molecule is C=C(C)c1ccn(C(F)(F)F)n1. The Labute approximate surface area is 67.3 Å². The number of nitrogens with zero attached hydrogens (tertiary/aromatic N) is 2. The Morgan fingerprint density at radius 1 is 1.58 bits per heavy atom. The van der Waals surface area contributed by atoms with Gasteiger partial charge >= 0.3 is 6.30 Å². The van der Waals surface area contributed by atoms with Crippen LogP contribution in [0.15, 0.2) is 18.8 Å². The summed E-state index contributed by atoms with van der Waals surface area (Å²) in [6.45, 7) is 5.08. The average molecular weight is 176 g/mol. The molecule has 1 heterocycles. The van der Waals surface area contributed by atoms with Gasteiger partial charge in [-0.15, -0.1) is 13.2 Å². The maximum atomic E-state index is 11.9. The second kappa shape index (κ2) is 2.66. The van der Waals surface area contributed by atoms with Crippen molar-refractivity contribution in [2.45, 2.75) is 13.2 Å². The van der Waals surface area contributed by atoms with Crippen molar-refractivity contribution >= 4 is 5.57 Å². The van der Waals surface area contributed by atoms with Gasteiger partial charge in [-0.1, -0.05) is 6.58 Å². The van der Waals surface area contributed by atoms with Crippen LogP contribution in [0.25, 0.3) is 5.57 Å². The summed E-state index contributed by atoms with van der Waals surface area (Å²) in [4.78, 5) is 0. The molecule has 1 aromatic rings. The van der Waals surface area contributed by atoms with Gasteiger partial charge in [-0.05, 0) is 18.6 Å². The molecule has 2 nitrogen and oxygen atoms in total. The van der Waals surface area contributed by atoms with E-state index in [-0.39, 0.29) is 10.4 Å². The summed E-state index contributed by atoms with van der Waals surface area (Å²) in [5.74, 6) is 0. The van der Waals surface area contributed by atoms with E-state index in [0.717, 1.165) is 6.20 Å². The van der Waals surface area contributed by atoms with Crippen molar-refractivity contribution in [2.24, 2.45) is 0 Å². The average Bonchev–Trinajstić information content (AvgIpc) is 2.30. The highest BCUT2D eigenvalue weighted by molar-refractivity contribution is 5.56. The van der Waals surface area contributed by atoms with Gasteiger partial charge in [-0.2, -0.15) is 9.78 Å². The van der Waals surface area contributed by atoms with Gasteiger partial charge in [0.25, 0.3) is 0 Å². The molecule has 0 N–H and O–H groups in total. The molecule has 0 bridgehead atoms. The summed E-state index contributed by atoms with van der Waals surface area (Å²) in [6, 6.07) is 1.27. The largest absolute Gasteiger partial charge is 0.504 e. The summed E-state index contributed by atoms with van der Waals surface area (Å²) in [7, 11) is 0. The molecule has 0 aliphatic carbocycles. The molecule has 0 saturated carbocycles. The van der Waals surface area contributed by atoms with Crippen LogP contribution in [0, 0.1) is 0 Å². The van der Waals surface area contributed by atoms with Crippen LogP contribution in [0.4, 0.5) is 13.2 Å². The van der Waals surface area contributed by atoms with Crippen LogP contribution >= 0.6 is 0 Å². The van der Waals surface area contributed by atoms with Gasteiger partial charge < -0.3 is 0 Å². The van der Waals surface area contributed by atoms with Crippen molar-refractivity contribution < 1.29 is 13.2 Å². The lowest BCUT2D eigenvalue weighted by molar-refractivity contribution is -0.212. The maximum absolute atomic E-state index is 11.9. The Hall–Kier alpha value is -1.26. The Balaban J connectivity index is 3.00. The van der Waals surface area contributed by atoms with Gasteiger partial charge in [0.1, 0.15) is 0 Å². The van der Waals surface area contributed by atoms with E-state index >= 15 is 0 Å². The van der Waals surface area contributed by atoms with Crippen molar-refractivity contribution in [2.75, 3.05) is 0 Å². The molecule has 0 aliphatic heterocycles. The first-order valence-electron chi connectivity index (χ1n) is 3.20. The van der Waals surface area contributed by atoms with E-state index in [0.29, 0.717) is 5.57 Å². The van der Waals surface area contributed by atoms with Crippen LogP contribution in [-0.2, 0) is 6.30 Å². The van der Waals surface area contributed by atoms with Gasteiger partial charge in [-0.25, -0.2) is 0 Å². The number of hydrogen-bond donors (Lipinski definition) is 0. The van der Waals surface area contributed by atoms with Crippen LogP contribution in [0.2, 0.25) is 0 Å². The van der Waals surface area contributed by atoms with E-state index in [1.807, 2.05) is 0 Å². The minimum absolute atomic E-state index is 0.0446. The summed E-state index contributed by atoms with van der Waals surface area (Å²) in [5.41, 5.74) is 0.769. The number of rotatable bonds is 1. The van der Waals surface area contributed by atoms with Crippen LogP contribution in [0.3, 0.4) is 0 Å². The normalized spacial score (nSPS) is 11.7. The van der Waals surface area contributed by atoms with Gasteiger partial charge in [-0.3, -0.25) is 0 Å². The highest BCUT2D eigenvalue weighted by Crippen LogP contribution is 2.22. The summed E-state index contributed by atoms with van der Waals surface area (Å²) >= 11 is 0. The highest BCUT2D eigenvalue weighted by Gasteiger charge is 2.31. The number of aromatic nitrogens is 2. The Morgan fingerprint density at radius 2 is 2.17 bits per heavy atom. The fourth-order valence-electron chi connectivity index (χ4n) is 0.693. The van der Waals surface area contributed by atoms with E-state index < -0.39 is 6.30 Å². The molecule has 0 radical (unpaired) electrons. The topological polar surface area (TPSA) is 17.8 Å². The van der Waals surface area contributed by atoms with Crippen molar-refractivity contribution in [3.8, 4) is 0 Å². The number of halogens is 3. The Morgan fingerprint density at radius 3 is 2.42 bits per heavy atom. The second-order valence-corrected chi connectivity index (χ2v) is 2.39. The van der Waals surface area contributed by atoms with Crippen molar-refractivity contribution in [1.29, 1.82) is 0 Å². The zero-order valence-electron chi connectivity index (χ0n) is 6.39. The lowest BCUT2D eigenvalue weighted by atomic mass is 10.3. The molecular formula is C7H7F3N2. The van der Waals surface area contributed by atoms with E-state index in [1.54, 1.807) is 6.92 Å². The van der Waals surface area contributed by atoms with Crippen LogP contribution in [0.5, 0.6) is 0 Å². The second-order valence-electron chi connectivity index (χ2n) is 2.39. The van der Waals surface area contributed by atoms with Gasteiger partial charge in [0.05, 0.1) is 5.69 Å². The van der Waals surface area contributed by atoms with Crippen molar-refractivity contribution in [1.82, 2.24) is 9.78 Å². The van der Waals surface area contributed by atoms with Gasteiger partial charge in [0, 0.05) is 6.20 Å². The Bertz CT molecular complexity index is 298. The van der Waals surface area contributed by atoms with E-state index in [9.17, 15) is 13.2 Å². The third-order valence-electron chi connectivity index (χ3n) is 1.29. The molecular weight excluding hydrogens is 169 g/mol.